The lowest BCUT2D eigenvalue weighted by molar-refractivity contribution is 0.0104. The smallest absolute Gasteiger partial charge is 0.109 e. The molecule has 0 spiro atoms. The number of hydrogen-bond donors (Lipinski definition) is 1. The minimum atomic E-state index is -0.307. The zero-order valence-electron chi connectivity index (χ0n) is 14.0. The lowest BCUT2D eigenvalue weighted by Gasteiger charge is -2.33. The van der Waals surface area contributed by atoms with E-state index >= 15 is 0 Å². The predicted molar refractivity (Wildman–Crippen MR) is 85.9 cm³/mol. The third-order valence-electron chi connectivity index (χ3n) is 5.35. The maximum Gasteiger partial charge on any atom is 0.109 e. The van der Waals surface area contributed by atoms with Gasteiger partial charge in [0.1, 0.15) is 5.54 Å². The summed E-state index contributed by atoms with van der Waals surface area (Å²) in [5.41, 5.74) is -0.307. The van der Waals surface area contributed by atoms with Gasteiger partial charge in [-0.1, -0.05) is 13.3 Å². The second-order valence-electron chi connectivity index (χ2n) is 7.51. The number of rotatable bonds is 6. The summed E-state index contributed by atoms with van der Waals surface area (Å²) in [4.78, 5) is 0. The van der Waals surface area contributed by atoms with Crippen LogP contribution in [-0.2, 0) is 4.74 Å². The summed E-state index contributed by atoms with van der Waals surface area (Å²) in [6.45, 7) is 7.43. The van der Waals surface area contributed by atoms with E-state index in [9.17, 15) is 5.26 Å². The van der Waals surface area contributed by atoms with Crippen molar-refractivity contribution in [2.24, 2.45) is 11.8 Å². The van der Waals surface area contributed by atoms with Crippen LogP contribution in [0.15, 0.2) is 0 Å². The van der Waals surface area contributed by atoms with Gasteiger partial charge in [-0.2, -0.15) is 5.26 Å². The van der Waals surface area contributed by atoms with E-state index in [1.165, 1.54) is 38.5 Å². The standard InChI is InChI=1S/C18H32N2O/c1-14(2)20-18(13-19)11-4-5-16(18)10-12-21-17-8-6-15(3)7-9-17/h14-17,20H,4-12H2,1-3H3. The van der Waals surface area contributed by atoms with E-state index in [0.717, 1.165) is 25.4 Å². The molecule has 2 rings (SSSR count). The Kier molecular flexibility index (Phi) is 6.08. The van der Waals surface area contributed by atoms with Crippen molar-refractivity contribution in [2.75, 3.05) is 6.61 Å². The van der Waals surface area contributed by atoms with Crippen LogP contribution < -0.4 is 5.32 Å². The van der Waals surface area contributed by atoms with Crippen LogP contribution in [0.25, 0.3) is 0 Å². The molecule has 2 aliphatic rings. The fourth-order valence-corrected chi connectivity index (χ4v) is 4.13. The molecule has 1 N–H and O–H groups in total. The molecular weight excluding hydrogens is 260 g/mol. The molecule has 0 saturated heterocycles. The molecule has 3 heteroatoms. The van der Waals surface area contributed by atoms with Gasteiger partial charge in [0.05, 0.1) is 12.2 Å². The molecule has 0 aliphatic heterocycles. The first-order valence-corrected chi connectivity index (χ1v) is 8.86. The maximum atomic E-state index is 9.66. The van der Waals surface area contributed by atoms with E-state index < -0.39 is 0 Å². The molecule has 120 valence electrons. The minimum absolute atomic E-state index is 0.307. The molecule has 0 amide bonds. The van der Waals surface area contributed by atoms with E-state index in [-0.39, 0.29) is 5.54 Å². The lowest BCUT2D eigenvalue weighted by atomic mass is 9.85. The minimum Gasteiger partial charge on any atom is -0.378 e. The molecule has 2 saturated carbocycles. The summed E-state index contributed by atoms with van der Waals surface area (Å²) in [5.74, 6) is 1.33. The summed E-state index contributed by atoms with van der Waals surface area (Å²) >= 11 is 0. The van der Waals surface area contributed by atoms with Gasteiger partial charge >= 0.3 is 0 Å². The first-order valence-electron chi connectivity index (χ1n) is 8.86. The fourth-order valence-electron chi connectivity index (χ4n) is 4.13. The molecule has 21 heavy (non-hydrogen) atoms. The highest BCUT2D eigenvalue weighted by Crippen LogP contribution is 2.38. The molecule has 0 aromatic heterocycles. The molecule has 0 aromatic rings. The van der Waals surface area contributed by atoms with Crippen LogP contribution in [-0.4, -0.2) is 24.3 Å². The molecule has 0 radical (unpaired) electrons. The van der Waals surface area contributed by atoms with E-state index in [1.807, 2.05) is 0 Å². The predicted octanol–water partition coefficient (Wildman–Crippen LogP) is 4.03. The van der Waals surface area contributed by atoms with Crippen molar-refractivity contribution < 1.29 is 4.74 Å². The average Bonchev–Trinajstić information content (AvgIpc) is 2.84. The van der Waals surface area contributed by atoms with E-state index in [2.05, 4.69) is 32.2 Å². The summed E-state index contributed by atoms with van der Waals surface area (Å²) < 4.78 is 6.10. The molecule has 3 nitrogen and oxygen atoms in total. The summed E-state index contributed by atoms with van der Waals surface area (Å²) in [6, 6.07) is 2.95. The molecule has 0 aromatic carbocycles. The van der Waals surface area contributed by atoms with Gasteiger partial charge in [0.15, 0.2) is 0 Å². The zero-order valence-corrected chi connectivity index (χ0v) is 14.0. The largest absolute Gasteiger partial charge is 0.378 e. The van der Waals surface area contributed by atoms with Crippen molar-refractivity contribution in [3.05, 3.63) is 0 Å². The highest BCUT2D eigenvalue weighted by Gasteiger charge is 2.43. The Balaban J connectivity index is 1.77. The maximum absolute atomic E-state index is 9.66. The average molecular weight is 292 g/mol. The van der Waals surface area contributed by atoms with Crippen molar-refractivity contribution in [1.82, 2.24) is 5.32 Å². The van der Waals surface area contributed by atoms with Crippen LogP contribution in [0.5, 0.6) is 0 Å². The summed E-state index contributed by atoms with van der Waals surface area (Å²) in [5, 5.41) is 13.2. The van der Waals surface area contributed by atoms with Crippen LogP contribution >= 0.6 is 0 Å². The number of nitrogens with one attached hydrogen (secondary N) is 1. The lowest BCUT2D eigenvalue weighted by Crippen LogP contribution is -2.50. The van der Waals surface area contributed by atoms with Gasteiger partial charge in [-0.15, -0.1) is 0 Å². The Hall–Kier alpha value is -0.590. The normalized spacial score (nSPS) is 36.8. The van der Waals surface area contributed by atoms with E-state index in [0.29, 0.717) is 18.1 Å². The number of hydrogen-bond acceptors (Lipinski definition) is 3. The van der Waals surface area contributed by atoms with Crippen LogP contribution in [0.3, 0.4) is 0 Å². The molecular formula is C18H32N2O. The Morgan fingerprint density at radius 2 is 1.95 bits per heavy atom. The monoisotopic (exact) mass is 292 g/mol. The summed E-state index contributed by atoms with van der Waals surface area (Å²) in [6.07, 6.45) is 9.89. The van der Waals surface area contributed by atoms with Crippen LogP contribution in [0.2, 0.25) is 0 Å². The highest BCUT2D eigenvalue weighted by molar-refractivity contribution is 5.14. The third-order valence-corrected chi connectivity index (χ3v) is 5.35. The second-order valence-corrected chi connectivity index (χ2v) is 7.51. The first kappa shape index (κ1) is 16.8. The van der Waals surface area contributed by atoms with Gasteiger partial charge in [-0.3, -0.25) is 5.32 Å². The Bertz CT molecular complexity index is 355. The summed E-state index contributed by atoms with van der Waals surface area (Å²) in [7, 11) is 0. The Morgan fingerprint density at radius 1 is 1.24 bits per heavy atom. The van der Waals surface area contributed by atoms with Crippen LogP contribution in [0.1, 0.15) is 72.1 Å². The quantitative estimate of drug-likeness (QED) is 0.804. The van der Waals surface area contributed by atoms with E-state index in [1.54, 1.807) is 0 Å². The van der Waals surface area contributed by atoms with Crippen molar-refractivity contribution in [3.8, 4) is 6.07 Å². The molecule has 2 unspecified atom stereocenters. The third kappa shape index (κ3) is 4.44. The van der Waals surface area contributed by atoms with Gasteiger partial charge in [0, 0.05) is 12.6 Å². The van der Waals surface area contributed by atoms with Crippen molar-refractivity contribution in [1.29, 1.82) is 5.26 Å². The first-order chi connectivity index (χ1) is 10.1. The van der Waals surface area contributed by atoms with Crippen molar-refractivity contribution in [3.63, 3.8) is 0 Å². The fraction of sp³-hybridized carbons (Fsp3) is 0.944. The van der Waals surface area contributed by atoms with Gasteiger partial charge < -0.3 is 4.74 Å². The van der Waals surface area contributed by atoms with Crippen molar-refractivity contribution >= 4 is 0 Å². The molecule has 0 bridgehead atoms. The van der Waals surface area contributed by atoms with Crippen LogP contribution in [0.4, 0.5) is 0 Å². The van der Waals surface area contributed by atoms with Gasteiger partial charge in [-0.05, 0) is 70.6 Å². The van der Waals surface area contributed by atoms with Gasteiger partial charge in [-0.25, -0.2) is 0 Å². The Morgan fingerprint density at radius 3 is 2.57 bits per heavy atom. The zero-order chi connectivity index (χ0) is 15.3. The SMILES string of the molecule is CC1CCC(OCCC2CCCC2(C#N)NC(C)C)CC1. The second kappa shape index (κ2) is 7.61. The molecule has 2 aliphatic carbocycles. The van der Waals surface area contributed by atoms with Crippen molar-refractivity contribution in [2.45, 2.75) is 89.8 Å². The number of ether oxygens (including phenoxy) is 1. The van der Waals surface area contributed by atoms with Crippen LogP contribution in [0, 0.1) is 23.2 Å². The molecule has 2 fully saturated rings. The molecule has 0 heterocycles. The molecule has 2 atom stereocenters. The van der Waals surface area contributed by atoms with Gasteiger partial charge in [0.25, 0.3) is 0 Å². The number of nitriles is 1. The van der Waals surface area contributed by atoms with E-state index in [4.69, 9.17) is 4.74 Å². The topological polar surface area (TPSA) is 45.0 Å². The van der Waals surface area contributed by atoms with Gasteiger partial charge in [0.2, 0.25) is 0 Å². The number of nitrogens with zero attached hydrogens (tertiary/aromatic N) is 1. The Labute approximate surface area is 130 Å². The highest BCUT2D eigenvalue weighted by atomic mass is 16.5.